The lowest BCUT2D eigenvalue weighted by Gasteiger charge is -2.02. The highest BCUT2D eigenvalue weighted by Gasteiger charge is 2.32. The molecule has 0 spiro atoms. The fourth-order valence-corrected chi connectivity index (χ4v) is 1.31. The minimum absolute atomic E-state index is 0.0550. The molecule has 1 atom stereocenters. The van der Waals surface area contributed by atoms with Crippen LogP contribution in [-0.2, 0) is 14.3 Å². The Morgan fingerprint density at radius 1 is 1.67 bits per heavy atom. The quantitative estimate of drug-likeness (QED) is 0.472. The third-order valence-electron chi connectivity index (χ3n) is 2.10. The molecule has 0 aromatic rings. The maximum atomic E-state index is 11.3. The number of rotatable bonds is 4. The normalized spacial score (nSPS) is 22.4. The first kappa shape index (κ1) is 9.23. The van der Waals surface area contributed by atoms with E-state index < -0.39 is 5.92 Å². The Balaban J connectivity index is 2.36. The second-order valence-corrected chi connectivity index (χ2v) is 3.08. The molecule has 0 aliphatic carbocycles. The monoisotopic (exact) mass is 170 g/mol. The number of ether oxygens (including phenoxy) is 1. The van der Waals surface area contributed by atoms with E-state index in [2.05, 4.69) is 0 Å². The van der Waals surface area contributed by atoms with Gasteiger partial charge in [0.25, 0.3) is 0 Å². The molecule has 0 N–H and O–H groups in total. The maximum Gasteiger partial charge on any atom is 0.316 e. The van der Waals surface area contributed by atoms with Crippen molar-refractivity contribution in [3.63, 3.8) is 0 Å². The Morgan fingerprint density at radius 3 is 2.92 bits per heavy atom. The van der Waals surface area contributed by atoms with E-state index in [-0.39, 0.29) is 11.8 Å². The van der Waals surface area contributed by atoms with Gasteiger partial charge >= 0.3 is 5.97 Å². The largest absolute Gasteiger partial charge is 0.465 e. The number of unbranched alkanes of at least 4 members (excludes halogenated alkanes) is 1. The first-order valence-electron chi connectivity index (χ1n) is 4.45. The Labute approximate surface area is 72.1 Å². The number of carbonyl (C=O) groups is 2. The van der Waals surface area contributed by atoms with Crippen LogP contribution in [0.1, 0.15) is 32.6 Å². The molecule has 1 rings (SSSR count). The van der Waals surface area contributed by atoms with Gasteiger partial charge in [-0.1, -0.05) is 13.3 Å². The van der Waals surface area contributed by atoms with Crippen molar-refractivity contribution in [2.24, 2.45) is 5.92 Å². The molecule has 1 aliphatic rings. The van der Waals surface area contributed by atoms with Crippen molar-refractivity contribution < 1.29 is 14.3 Å². The molecule has 3 heteroatoms. The summed E-state index contributed by atoms with van der Waals surface area (Å²) >= 11 is 0. The predicted octanol–water partition coefficient (Wildman–Crippen LogP) is 1.31. The van der Waals surface area contributed by atoms with Crippen LogP contribution in [0.25, 0.3) is 0 Å². The van der Waals surface area contributed by atoms with Gasteiger partial charge in [0.15, 0.2) is 0 Å². The van der Waals surface area contributed by atoms with E-state index in [0.717, 1.165) is 12.8 Å². The molecule has 0 bridgehead atoms. The van der Waals surface area contributed by atoms with Gasteiger partial charge < -0.3 is 4.74 Å². The summed E-state index contributed by atoms with van der Waals surface area (Å²) in [4.78, 5) is 22.2. The van der Waals surface area contributed by atoms with Crippen molar-refractivity contribution in [3.05, 3.63) is 0 Å². The molecule has 1 fully saturated rings. The predicted molar refractivity (Wildman–Crippen MR) is 43.6 cm³/mol. The van der Waals surface area contributed by atoms with Crippen molar-refractivity contribution in [2.45, 2.75) is 32.6 Å². The van der Waals surface area contributed by atoms with Crippen molar-refractivity contribution in [2.75, 3.05) is 6.61 Å². The number of esters is 1. The zero-order chi connectivity index (χ0) is 8.97. The summed E-state index contributed by atoms with van der Waals surface area (Å²) in [5.41, 5.74) is 0. The first-order chi connectivity index (χ1) is 5.75. The van der Waals surface area contributed by atoms with Crippen LogP contribution in [0.5, 0.6) is 0 Å². The molecule has 0 saturated carbocycles. The summed E-state index contributed by atoms with van der Waals surface area (Å²) < 4.78 is 4.71. The molecule has 68 valence electrons. The molecular weight excluding hydrogens is 156 g/mol. The SMILES string of the molecule is CCCCC(=O)C1CCOC1=O. The van der Waals surface area contributed by atoms with Gasteiger partial charge in [-0.15, -0.1) is 0 Å². The highest BCUT2D eigenvalue weighted by atomic mass is 16.5. The third-order valence-corrected chi connectivity index (χ3v) is 2.10. The minimum atomic E-state index is -0.448. The molecule has 1 aliphatic heterocycles. The second-order valence-electron chi connectivity index (χ2n) is 3.08. The fraction of sp³-hybridized carbons (Fsp3) is 0.778. The lowest BCUT2D eigenvalue weighted by Crippen LogP contribution is -2.18. The summed E-state index contributed by atoms with van der Waals surface area (Å²) in [5, 5.41) is 0. The van der Waals surface area contributed by atoms with Gasteiger partial charge in [-0.3, -0.25) is 9.59 Å². The standard InChI is InChI=1S/C9H14O3/c1-2-3-4-8(10)7-5-6-12-9(7)11/h7H,2-6H2,1H3. The van der Waals surface area contributed by atoms with Crippen molar-refractivity contribution in [3.8, 4) is 0 Å². The van der Waals surface area contributed by atoms with Gasteiger partial charge in [-0.25, -0.2) is 0 Å². The van der Waals surface area contributed by atoms with Crippen molar-refractivity contribution in [1.82, 2.24) is 0 Å². The molecular formula is C9H14O3. The number of Topliss-reactive ketones (excluding diaryl/α,β-unsaturated/α-hetero) is 1. The highest BCUT2D eigenvalue weighted by Crippen LogP contribution is 2.17. The van der Waals surface area contributed by atoms with E-state index in [0.29, 0.717) is 19.4 Å². The van der Waals surface area contributed by atoms with Crippen LogP contribution < -0.4 is 0 Å². The average Bonchev–Trinajstić information content (AvgIpc) is 2.47. The van der Waals surface area contributed by atoms with E-state index in [4.69, 9.17) is 4.74 Å². The van der Waals surface area contributed by atoms with E-state index >= 15 is 0 Å². The van der Waals surface area contributed by atoms with Gasteiger partial charge in [0.05, 0.1) is 6.61 Å². The summed E-state index contributed by atoms with van der Waals surface area (Å²) in [6.07, 6.45) is 2.98. The highest BCUT2D eigenvalue weighted by molar-refractivity contribution is 5.99. The van der Waals surface area contributed by atoms with Crippen LogP contribution in [0.15, 0.2) is 0 Å². The van der Waals surface area contributed by atoms with E-state index in [9.17, 15) is 9.59 Å². The van der Waals surface area contributed by atoms with Gasteiger partial charge in [0.2, 0.25) is 0 Å². The van der Waals surface area contributed by atoms with Crippen LogP contribution in [0, 0.1) is 5.92 Å². The van der Waals surface area contributed by atoms with Crippen LogP contribution in [0.4, 0.5) is 0 Å². The summed E-state index contributed by atoms with van der Waals surface area (Å²) in [5.74, 6) is -0.716. The lowest BCUT2D eigenvalue weighted by atomic mass is 9.99. The maximum absolute atomic E-state index is 11.3. The van der Waals surface area contributed by atoms with Crippen molar-refractivity contribution >= 4 is 11.8 Å². The summed E-state index contributed by atoms with van der Waals surface area (Å²) in [7, 11) is 0. The van der Waals surface area contributed by atoms with Crippen LogP contribution in [0.2, 0.25) is 0 Å². The number of cyclic esters (lactones) is 1. The van der Waals surface area contributed by atoms with Crippen molar-refractivity contribution in [1.29, 1.82) is 0 Å². The Kier molecular flexibility index (Phi) is 3.26. The minimum Gasteiger partial charge on any atom is -0.465 e. The topological polar surface area (TPSA) is 43.4 Å². The molecule has 0 aromatic carbocycles. The smallest absolute Gasteiger partial charge is 0.316 e. The van der Waals surface area contributed by atoms with Gasteiger partial charge in [-0.2, -0.15) is 0 Å². The summed E-state index contributed by atoms with van der Waals surface area (Å²) in [6.45, 7) is 2.45. The van der Waals surface area contributed by atoms with E-state index in [1.165, 1.54) is 0 Å². The zero-order valence-electron chi connectivity index (χ0n) is 7.34. The summed E-state index contributed by atoms with van der Waals surface area (Å²) in [6, 6.07) is 0. The average molecular weight is 170 g/mol. The number of hydrogen-bond donors (Lipinski definition) is 0. The third kappa shape index (κ3) is 2.06. The number of hydrogen-bond acceptors (Lipinski definition) is 3. The van der Waals surface area contributed by atoms with E-state index in [1.807, 2.05) is 6.92 Å². The van der Waals surface area contributed by atoms with Gasteiger partial charge in [0.1, 0.15) is 11.7 Å². The molecule has 1 heterocycles. The Bertz CT molecular complexity index is 186. The van der Waals surface area contributed by atoms with Crippen LogP contribution in [-0.4, -0.2) is 18.4 Å². The fourth-order valence-electron chi connectivity index (χ4n) is 1.31. The molecule has 0 radical (unpaired) electrons. The molecule has 0 amide bonds. The zero-order valence-corrected chi connectivity index (χ0v) is 7.34. The van der Waals surface area contributed by atoms with Crippen LogP contribution >= 0.6 is 0 Å². The molecule has 3 nitrogen and oxygen atoms in total. The van der Waals surface area contributed by atoms with Crippen LogP contribution in [0.3, 0.4) is 0 Å². The second kappa shape index (κ2) is 4.24. The van der Waals surface area contributed by atoms with Gasteiger partial charge in [-0.05, 0) is 6.42 Å². The molecule has 1 unspecified atom stereocenters. The lowest BCUT2D eigenvalue weighted by molar-refractivity contribution is -0.144. The van der Waals surface area contributed by atoms with Gasteiger partial charge in [0, 0.05) is 12.8 Å². The molecule has 12 heavy (non-hydrogen) atoms. The number of carbonyl (C=O) groups excluding carboxylic acids is 2. The molecule has 0 aromatic heterocycles. The number of ketones is 1. The first-order valence-corrected chi connectivity index (χ1v) is 4.45. The van der Waals surface area contributed by atoms with E-state index in [1.54, 1.807) is 0 Å². The molecule has 1 saturated heterocycles. The Morgan fingerprint density at radius 2 is 2.42 bits per heavy atom. The Hall–Kier alpha value is -0.860.